The van der Waals surface area contributed by atoms with E-state index in [1.165, 1.54) is 0 Å². The third-order valence-electron chi connectivity index (χ3n) is 4.30. The smallest absolute Gasteiger partial charge is 0.266 e. The van der Waals surface area contributed by atoms with E-state index in [1.807, 2.05) is 25.1 Å². The van der Waals surface area contributed by atoms with Gasteiger partial charge in [0.05, 0.1) is 16.1 Å². The molecule has 2 N–H and O–H groups in total. The van der Waals surface area contributed by atoms with Crippen molar-refractivity contribution in [1.29, 1.82) is 0 Å². The molecule has 144 valence electrons. The summed E-state index contributed by atoms with van der Waals surface area (Å²) in [6.07, 6.45) is -0.0236. The molecule has 2 aromatic carbocycles. The molecule has 28 heavy (non-hydrogen) atoms. The SMILES string of the molecule is Cc1ccc2c(c1)c(N=NC(=O)CCNC(=O)c1ccccc1Cl)c(O)n2C. The van der Waals surface area contributed by atoms with E-state index in [4.69, 9.17) is 11.6 Å². The number of carbonyl (C=O) groups is 2. The number of benzene rings is 2. The first-order chi connectivity index (χ1) is 13.4. The van der Waals surface area contributed by atoms with Gasteiger partial charge < -0.3 is 15.0 Å². The van der Waals surface area contributed by atoms with Gasteiger partial charge in [-0.05, 0) is 31.2 Å². The van der Waals surface area contributed by atoms with Gasteiger partial charge in [0.15, 0.2) is 5.69 Å². The summed E-state index contributed by atoms with van der Waals surface area (Å²) in [5, 5.41) is 21.5. The molecule has 0 fully saturated rings. The van der Waals surface area contributed by atoms with Crippen LogP contribution >= 0.6 is 11.6 Å². The molecule has 0 aliphatic heterocycles. The lowest BCUT2D eigenvalue weighted by Crippen LogP contribution is -2.25. The first-order valence-electron chi connectivity index (χ1n) is 8.63. The Hall–Kier alpha value is -3.19. The van der Waals surface area contributed by atoms with E-state index in [-0.39, 0.29) is 30.4 Å². The molecule has 0 unspecified atom stereocenters. The summed E-state index contributed by atoms with van der Waals surface area (Å²) in [5.41, 5.74) is 2.38. The highest BCUT2D eigenvalue weighted by molar-refractivity contribution is 6.33. The van der Waals surface area contributed by atoms with Crippen LogP contribution in [0.1, 0.15) is 22.3 Å². The predicted molar refractivity (Wildman–Crippen MR) is 107 cm³/mol. The average Bonchev–Trinajstić information content (AvgIpc) is 2.90. The maximum Gasteiger partial charge on any atom is 0.266 e. The molecule has 0 atom stereocenters. The lowest BCUT2D eigenvalue weighted by Gasteiger charge is -2.04. The molecule has 0 aliphatic carbocycles. The van der Waals surface area contributed by atoms with E-state index in [0.717, 1.165) is 11.1 Å². The number of halogens is 1. The highest BCUT2D eigenvalue weighted by Gasteiger charge is 2.15. The second-order valence-corrected chi connectivity index (χ2v) is 6.74. The second kappa shape index (κ2) is 8.22. The molecular formula is C20H19ClN4O3. The molecule has 3 rings (SSSR count). The minimum atomic E-state index is -0.511. The number of aromatic nitrogens is 1. The van der Waals surface area contributed by atoms with Crippen LogP contribution in [0.3, 0.4) is 0 Å². The Morgan fingerprint density at radius 2 is 1.96 bits per heavy atom. The number of aromatic hydroxyl groups is 1. The minimum absolute atomic E-state index is 0.0236. The van der Waals surface area contributed by atoms with Gasteiger partial charge in [0, 0.05) is 25.4 Å². The maximum absolute atomic E-state index is 12.1. The minimum Gasteiger partial charge on any atom is -0.493 e. The van der Waals surface area contributed by atoms with Gasteiger partial charge in [-0.15, -0.1) is 10.2 Å². The fourth-order valence-corrected chi connectivity index (χ4v) is 3.02. The van der Waals surface area contributed by atoms with Gasteiger partial charge in [-0.3, -0.25) is 9.59 Å². The molecule has 0 bridgehead atoms. The summed E-state index contributed by atoms with van der Waals surface area (Å²) in [7, 11) is 1.71. The molecule has 1 aromatic heterocycles. The zero-order valence-electron chi connectivity index (χ0n) is 15.4. The molecule has 0 saturated carbocycles. The summed E-state index contributed by atoms with van der Waals surface area (Å²) in [4.78, 5) is 24.1. The summed E-state index contributed by atoms with van der Waals surface area (Å²) < 4.78 is 1.58. The Morgan fingerprint density at radius 1 is 1.21 bits per heavy atom. The first kappa shape index (κ1) is 19.6. The molecule has 0 radical (unpaired) electrons. The van der Waals surface area contributed by atoms with Crippen molar-refractivity contribution in [1.82, 2.24) is 9.88 Å². The van der Waals surface area contributed by atoms with Gasteiger partial charge in [-0.1, -0.05) is 35.4 Å². The van der Waals surface area contributed by atoms with Crippen LogP contribution < -0.4 is 5.32 Å². The average molecular weight is 399 g/mol. The quantitative estimate of drug-likeness (QED) is 0.628. The highest BCUT2D eigenvalue weighted by Crippen LogP contribution is 2.38. The van der Waals surface area contributed by atoms with Crippen molar-refractivity contribution in [3.63, 3.8) is 0 Å². The van der Waals surface area contributed by atoms with Crippen molar-refractivity contribution in [3.05, 3.63) is 58.6 Å². The Labute approximate surface area is 166 Å². The van der Waals surface area contributed by atoms with Gasteiger partial charge >= 0.3 is 0 Å². The van der Waals surface area contributed by atoms with Gasteiger partial charge in [-0.25, -0.2) is 0 Å². The maximum atomic E-state index is 12.1. The fraction of sp³-hybridized carbons (Fsp3) is 0.200. The largest absolute Gasteiger partial charge is 0.493 e. The van der Waals surface area contributed by atoms with Crippen molar-refractivity contribution >= 4 is 40.0 Å². The topological polar surface area (TPSA) is 96.1 Å². The van der Waals surface area contributed by atoms with Crippen LogP contribution in [-0.4, -0.2) is 28.0 Å². The van der Waals surface area contributed by atoms with E-state index in [9.17, 15) is 14.7 Å². The molecule has 0 aliphatic rings. The number of nitrogens with zero attached hydrogens (tertiary/aromatic N) is 3. The molecule has 1 heterocycles. The standard InChI is InChI=1S/C20H19ClN4O3/c1-12-7-8-16-14(11-12)18(20(28)25(16)2)24-23-17(26)9-10-22-19(27)13-5-3-4-6-15(13)21/h3-8,11,28H,9-10H2,1-2H3,(H,22,27). The number of aryl methyl sites for hydroxylation is 2. The van der Waals surface area contributed by atoms with E-state index in [0.29, 0.717) is 16.0 Å². The third kappa shape index (κ3) is 4.04. The number of nitrogens with one attached hydrogen (secondary N) is 1. The molecule has 2 amide bonds. The number of rotatable bonds is 5. The summed E-state index contributed by atoms with van der Waals surface area (Å²) in [5.74, 6) is -0.940. The first-order valence-corrected chi connectivity index (χ1v) is 9.01. The third-order valence-corrected chi connectivity index (χ3v) is 4.63. The Kier molecular flexibility index (Phi) is 5.75. The normalized spacial score (nSPS) is 11.2. The molecule has 8 heteroatoms. The number of azo groups is 1. The van der Waals surface area contributed by atoms with E-state index >= 15 is 0 Å². The van der Waals surface area contributed by atoms with Gasteiger partial charge in [-0.2, -0.15) is 0 Å². The Balaban J connectivity index is 1.64. The molecule has 0 saturated heterocycles. The van der Waals surface area contributed by atoms with Crippen molar-refractivity contribution in [3.8, 4) is 5.88 Å². The van der Waals surface area contributed by atoms with Crippen molar-refractivity contribution in [2.75, 3.05) is 6.54 Å². The van der Waals surface area contributed by atoms with Crippen LogP contribution in [0.25, 0.3) is 10.9 Å². The van der Waals surface area contributed by atoms with Gasteiger partial charge in [0.25, 0.3) is 11.8 Å². The van der Waals surface area contributed by atoms with Crippen LogP contribution in [0, 0.1) is 6.92 Å². The van der Waals surface area contributed by atoms with Gasteiger partial charge in [0.1, 0.15) is 0 Å². The number of hydrogen-bond donors (Lipinski definition) is 2. The number of amides is 2. The van der Waals surface area contributed by atoms with Crippen LogP contribution in [0.2, 0.25) is 5.02 Å². The fourth-order valence-electron chi connectivity index (χ4n) is 2.80. The van der Waals surface area contributed by atoms with E-state index < -0.39 is 5.91 Å². The van der Waals surface area contributed by atoms with Gasteiger partial charge in [0.2, 0.25) is 5.88 Å². The zero-order valence-corrected chi connectivity index (χ0v) is 16.2. The zero-order chi connectivity index (χ0) is 20.3. The molecule has 3 aromatic rings. The van der Waals surface area contributed by atoms with Crippen LogP contribution in [-0.2, 0) is 11.8 Å². The van der Waals surface area contributed by atoms with Crippen LogP contribution in [0.15, 0.2) is 52.7 Å². The molecule has 7 nitrogen and oxygen atoms in total. The second-order valence-electron chi connectivity index (χ2n) is 6.33. The summed E-state index contributed by atoms with van der Waals surface area (Å²) in [6, 6.07) is 12.3. The van der Waals surface area contributed by atoms with Crippen LogP contribution in [0.5, 0.6) is 5.88 Å². The highest BCUT2D eigenvalue weighted by atomic mass is 35.5. The Morgan fingerprint density at radius 3 is 2.71 bits per heavy atom. The van der Waals surface area contributed by atoms with Crippen LogP contribution in [0.4, 0.5) is 5.69 Å². The summed E-state index contributed by atoms with van der Waals surface area (Å²) in [6.45, 7) is 2.03. The Bertz CT molecular complexity index is 1090. The van der Waals surface area contributed by atoms with Crippen molar-refractivity contribution in [2.45, 2.75) is 13.3 Å². The van der Waals surface area contributed by atoms with Crippen molar-refractivity contribution < 1.29 is 14.7 Å². The van der Waals surface area contributed by atoms with E-state index in [2.05, 4.69) is 15.5 Å². The number of fused-ring (bicyclic) bond motifs is 1. The molecule has 0 spiro atoms. The van der Waals surface area contributed by atoms with E-state index in [1.54, 1.807) is 35.9 Å². The monoisotopic (exact) mass is 398 g/mol. The number of hydrogen-bond acceptors (Lipinski definition) is 4. The predicted octanol–water partition coefficient (Wildman–Crippen LogP) is 4.28. The van der Waals surface area contributed by atoms with Crippen molar-refractivity contribution in [2.24, 2.45) is 17.3 Å². The molecular weight excluding hydrogens is 380 g/mol. The summed E-state index contributed by atoms with van der Waals surface area (Å²) >= 11 is 5.97. The lowest BCUT2D eigenvalue weighted by molar-refractivity contribution is -0.118. The number of carbonyl (C=O) groups excluding carboxylic acids is 2. The lowest BCUT2D eigenvalue weighted by atomic mass is 10.1.